The van der Waals surface area contributed by atoms with Crippen LogP contribution in [0.2, 0.25) is 0 Å². The van der Waals surface area contributed by atoms with Crippen molar-refractivity contribution in [1.29, 1.82) is 0 Å². The van der Waals surface area contributed by atoms with E-state index in [1.807, 2.05) is 0 Å². The summed E-state index contributed by atoms with van der Waals surface area (Å²) in [7, 11) is -3.41. The molecule has 0 spiro atoms. The number of nitrogens with zero attached hydrogens (tertiary/aromatic N) is 1. The molecule has 0 aliphatic heterocycles. The van der Waals surface area contributed by atoms with Gasteiger partial charge in [0.15, 0.2) is 9.84 Å². The predicted octanol–water partition coefficient (Wildman–Crippen LogP) is 1.64. The van der Waals surface area contributed by atoms with E-state index in [0.717, 1.165) is 0 Å². The fourth-order valence-electron chi connectivity index (χ4n) is 1.54. The van der Waals surface area contributed by atoms with Gasteiger partial charge in [0.25, 0.3) is 0 Å². The highest BCUT2D eigenvalue weighted by molar-refractivity contribution is 7.90. The Bertz CT molecular complexity index is 609. The van der Waals surface area contributed by atoms with Crippen LogP contribution in [0.15, 0.2) is 53.7 Å². The highest BCUT2D eigenvalue weighted by Gasteiger charge is 2.17. The molecule has 5 heteroatoms. The van der Waals surface area contributed by atoms with E-state index in [9.17, 15) is 8.42 Å². The van der Waals surface area contributed by atoms with Crippen molar-refractivity contribution in [3.05, 3.63) is 54.4 Å². The third-order valence-electron chi connectivity index (χ3n) is 2.33. The Labute approximate surface area is 100 Å². The average Bonchev–Trinajstić information content (AvgIpc) is 2.30. The van der Waals surface area contributed by atoms with Crippen molar-refractivity contribution in [2.75, 3.05) is 5.73 Å². The van der Waals surface area contributed by atoms with E-state index in [2.05, 4.69) is 4.98 Å². The molecule has 0 saturated carbocycles. The number of pyridine rings is 1. The van der Waals surface area contributed by atoms with Gasteiger partial charge in [-0.1, -0.05) is 18.2 Å². The van der Waals surface area contributed by atoms with Crippen LogP contribution in [0.1, 0.15) is 5.56 Å². The summed E-state index contributed by atoms with van der Waals surface area (Å²) in [6.07, 6.45) is 3.14. The van der Waals surface area contributed by atoms with Gasteiger partial charge in [-0.25, -0.2) is 8.42 Å². The summed E-state index contributed by atoms with van der Waals surface area (Å²) in [4.78, 5) is 4.06. The molecule has 4 nitrogen and oxygen atoms in total. The van der Waals surface area contributed by atoms with Crippen LogP contribution in [0, 0.1) is 0 Å². The molecule has 17 heavy (non-hydrogen) atoms. The standard InChI is InChI=1S/C12H12N2O2S/c13-11-5-1-2-6-12(11)17(15,16)9-10-4-3-7-14-8-10/h1-8H,9,13H2. The van der Waals surface area contributed by atoms with Gasteiger partial charge < -0.3 is 5.73 Å². The molecule has 0 aliphatic carbocycles. The largest absolute Gasteiger partial charge is 0.398 e. The quantitative estimate of drug-likeness (QED) is 0.838. The Balaban J connectivity index is 2.36. The number of nitrogen functional groups attached to an aromatic ring is 1. The summed E-state index contributed by atoms with van der Waals surface area (Å²) >= 11 is 0. The van der Waals surface area contributed by atoms with E-state index >= 15 is 0 Å². The monoisotopic (exact) mass is 248 g/mol. The van der Waals surface area contributed by atoms with Crippen LogP contribution in [0.4, 0.5) is 5.69 Å². The second kappa shape index (κ2) is 4.55. The van der Waals surface area contributed by atoms with Crippen LogP contribution < -0.4 is 5.73 Å². The second-order valence-electron chi connectivity index (χ2n) is 3.66. The highest BCUT2D eigenvalue weighted by Crippen LogP contribution is 2.21. The molecular formula is C12H12N2O2S. The fourth-order valence-corrected chi connectivity index (χ4v) is 3.02. The Kier molecular flexibility index (Phi) is 3.10. The molecular weight excluding hydrogens is 236 g/mol. The van der Waals surface area contributed by atoms with Crippen molar-refractivity contribution < 1.29 is 8.42 Å². The topological polar surface area (TPSA) is 73.1 Å². The fraction of sp³-hybridized carbons (Fsp3) is 0.0833. The van der Waals surface area contributed by atoms with Gasteiger partial charge in [-0.05, 0) is 23.8 Å². The number of hydrogen-bond donors (Lipinski definition) is 1. The highest BCUT2D eigenvalue weighted by atomic mass is 32.2. The van der Waals surface area contributed by atoms with Gasteiger partial charge in [0.05, 0.1) is 16.3 Å². The molecule has 1 heterocycles. The van der Waals surface area contributed by atoms with Crippen LogP contribution >= 0.6 is 0 Å². The van der Waals surface area contributed by atoms with E-state index in [-0.39, 0.29) is 16.3 Å². The average molecular weight is 248 g/mol. The maximum atomic E-state index is 12.1. The van der Waals surface area contributed by atoms with E-state index < -0.39 is 9.84 Å². The van der Waals surface area contributed by atoms with Gasteiger partial charge in [0, 0.05) is 12.4 Å². The summed E-state index contributed by atoms with van der Waals surface area (Å²) in [6, 6.07) is 9.89. The van der Waals surface area contributed by atoms with Gasteiger partial charge >= 0.3 is 0 Å². The molecule has 0 saturated heterocycles. The van der Waals surface area contributed by atoms with E-state index in [0.29, 0.717) is 5.56 Å². The first kappa shape index (κ1) is 11.6. The number of para-hydroxylation sites is 1. The second-order valence-corrected chi connectivity index (χ2v) is 5.62. The van der Waals surface area contributed by atoms with Crippen molar-refractivity contribution in [2.45, 2.75) is 10.6 Å². The normalized spacial score (nSPS) is 11.3. The molecule has 2 aromatic rings. The van der Waals surface area contributed by atoms with E-state index in [1.54, 1.807) is 36.5 Å². The summed E-state index contributed by atoms with van der Waals surface area (Å²) in [5.74, 6) is -0.0882. The molecule has 2 N–H and O–H groups in total. The zero-order valence-corrected chi connectivity index (χ0v) is 9.89. The maximum absolute atomic E-state index is 12.1. The molecule has 1 aromatic heterocycles. The lowest BCUT2D eigenvalue weighted by molar-refractivity contribution is 0.595. The third-order valence-corrected chi connectivity index (χ3v) is 4.09. The number of hydrogen-bond acceptors (Lipinski definition) is 4. The lowest BCUT2D eigenvalue weighted by Gasteiger charge is -2.06. The summed E-state index contributed by atoms with van der Waals surface area (Å²) in [6.45, 7) is 0. The molecule has 2 rings (SSSR count). The zero-order chi connectivity index (χ0) is 12.3. The summed E-state index contributed by atoms with van der Waals surface area (Å²) < 4.78 is 24.2. The van der Waals surface area contributed by atoms with Crippen molar-refractivity contribution in [3.8, 4) is 0 Å². The van der Waals surface area contributed by atoms with Gasteiger partial charge in [-0.2, -0.15) is 0 Å². The smallest absolute Gasteiger partial charge is 0.184 e. The van der Waals surface area contributed by atoms with Gasteiger partial charge in [0.1, 0.15) is 0 Å². The van der Waals surface area contributed by atoms with Crippen molar-refractivity contribution in [2.24, 2.45) is 0 Å². The van der Waals surface area contributed by atoms with Crippen LogP contribution in [-0.4, -0.2) is 13.4 Å². The minimum Gasteiger partial charge on any atom is -0.398 e. The van der Waals surface area contributed by atoms with Crippen LogP contribution in [-0.2, 0) is 15.6 Å². The minimum absolute atomic E-state index is 0.0882. The number of benzene rings is 1. The molecule has 0 atom stereocenters. The Morgan fingerprint density at radius 3 is 2.53 bits per heavy atom. The summed E-state index contributed by atoms with van der Waals surface area (Å²) in [5, 5.41) is 0. The summed E-state index contributed by atoms with van der Waals surface area (Å²) in [5.41, 5.74) is 6.59. The van der Waals surface area contributed by atoms with Gasteiger partial charge in [0.2, 0.25) is 0 Å². The lowest BCUT2D eigenvalue weighted by Crippen LogP contribution is -2.07. The molecule has 88 valence electrons. The third kappa shape index (κ3) is 2.62. The molecule has 0 fully saturated rings. The van der Waals surface area contributed by atoms with Crippen LogP contribution in [0.25, 0.3) is 0 Å². The lowest BCUT2D eigenvalue weighted by atomic mass is 10.3. The van der Waals surface area contributed by atoms with E-state index in [1.165, 1.54) is 12.3 Å². The molecule has 1 aromatic carbocycles. The molecule has 0 amide bonds. The van der Waals surface area contributed by atoms with Gasteiger partial charge in [-0.15, -0.1) is 0 Å². The number of anilines is 1. The van der Waals surface area contributed by atoms with Crippen LogP contribution in [0.5, 0.6) is 0 Å². The van der Waals surface area contributed by atoms with Crippen LogP contribution in [0.3, 0.4) is 0 Å². The van der Waals surface area contributed by atoms with E-state index in [4.69, 9.17) is 5.73 Å². The first-order valence-corrected chi connectivity index (χ1v) is 6.71. The first-order valence-electron chi connectivity index (χ1n) is 5.06. The maximum Gasteiger partial charge on any atom is 0.184 e. The SMILES string of the molecule is Nc1ccccc1S(=O)(=O)Cc1cccnc1. The van der Waals surface area contributed by atoms with Crippen molar-refractivity contribution in [1.82, 2.24) is 4.98 Å². The first-order chi connectivity index (χ1) is 8.09. The molecule has 0 aliphatic rings. The predicted molar refractivity (Wildman–Crippen MR) is 66.0 cm³/mol. The Morgan fingerprint density at radius 1 is 1.12 bits per heavy atom. The number of aromatic nitrogens is 1. The number of nitrogens with two attached hydrogens (primary N) is 1. The van der Waals surface area contributed by atoms with Crippen molar-refractivity contribution >= 4 is 15.5 Å². The van der Waals surface area contributed by atoms with Gasteiger partial charge in [-0.3, -0.25) is 4.98 Å². The molecule has 0 unspecified atom stereocenters. The van der Waals surface area contributed by atoms with Crippen molar-refractivity contribution in [3.63, 3.8) is 0 Å². The zero-order valence-electron chi connectivity index (χ0n) is 9.08. The number of sulfone groups is 1. The molecule has 0 radical (unpaired) electrons. The molecule has 0 bridgehead atoms. The Morgan fingerprint density at radius 2 is 1.88 bits per heavy atom. The number of rotatable bonds is 3. The Hall–Kier alpha value is -1.88. The minimum atomic E-state index is -3.41.